The first-order valence-corrected chi connectivity index (χ1v) is 4.16. The van der Waals surface area contributed by atoms with Gasteiger partial charge in [0, 0.05) is 6.04 Å². The molecular formula is C8H13F2N3. The number of rotatable bonds is 3. The Morgan fingerprint density at radius 3 is 2.62 bits per heavy atom. The fourth-order valence-corrected chi connectivity index (χ4v) is 1.10. The third kappa shape index (κ3) is 2.75. The molecular weight excluding hydrogens is 176 g/mol. The summed E-state index contributed by atoms with van der Waals surface area (Å²) in [5.41, 5.74) is 0. The van der Waals surface area contributed by atoms with Gasteiger partial charge in [-0.05, 0) is 20.8 Å². The lowest BCUT2D eigenvalue weighted by Gasteiger charge is -2.13. The number of alkyl halides is 2. The first-order chi connectivity index (χ1) is 5.90. The summed E-state index contributed by atoms with van der Waals surface area (Å²) in [4.78, 5) is 0. The summed E-state index contributed by atoms with van der Waals surface area (Å²) in [5.74, 6) is -2.39. The normalized spacial score (nSPS) is 12.5. The van der Waals surface area contributed by atoms with E-state index in [1.54, 1.807) is 4.57 Å². The van der Waals surface area contributed by atoms with Gasteiger partial charge in [0.05, 0.1) is 6.42 Å². The largest absolute Gasteiger partial charge is 0.315 e. The molecule has 13 heavy (non-hydrogen) atoms. The molecule has 0 spiro atoms. The second kappa shape index (κ2) is 3.40. The predicted molar refractivity (Wildman–Crippen MR) is 44.7 cm³/mol. The van der Waals surface area contributed by atoms with Gasteiger partial charge in [-0.25, -0.2) is 8.78 Å². The Labute approximate surface area is 75.8 Å². The summed E-state index contributed by atoms with van der Waals surface area (Å²) < 4.78 is 26.9. The van der Waals surface area contributed by atoms with E-state index in [1.165, 1.54) is 6.33 Å². The van der Waals surface area contributed by atoms with Crippen molar-refractivity contribution in [2.45, 2.75) is 39.2 Å². The van der Waals surface area contributed by atoms with Crippen molar-refractivity contribution < 1.29 is 8.78 Å². The van der Waals surface area contributed by atoms with Crippen LogP contribution in [0.5, 0.6) is 0 Å². The van der Waals surface area contributed by atoms with Crippen LogP contribution in [-0.4, -0.2) is 20.7 Å². The highest BCUT2D eigenvalue weighted by Gasteiger charge is 2.25. The average Bonchev–Trinajstić information content (AvgIpc) is 2.31. The van der Waals surface area contributed by atoms with Crippen LogP contribution >= 0.6 is 0 Å². The van der Waals surface area contributed by atoms with Crippen molar-refractivity contribution >= 4 is 0 Å². The van der Waals surface area contributed by atoms with Gasteiger partial charge in [0.25, 0.3) is 5.92 Å². The summed E-state index contributed by atoms with van der Waals surface area (Å²) in [5, 5.41) is 7.26. The number of nitrogens with zero attached hydrogens (tertiary/aromatic N) is 3. The Morgan fingerprint density at radius 2 is 2.15 bits per heavy atom. The summed E-state index contributed by atoms with van der Waals surface area (Å²) in [6, 6.07) is 0.118. The monoisotopic (exact) mass is 189 g/mol. The van der Waals surface area contributed by atoms with Gasteiger partial charge in [0.15, 0.2) is 0 Å². The van der Waals surface area contributed by atoms with E-state index in [0.717, 1.165) is 6.92 Å². The lowest BCUT2D eigenvalue weighted by molar-refractivity contribution is 0.0194. The van der Waals surface area contributed by atoms with Gasteiger partial charge in [-0.2, -0.15) is 0 Å². The maximum absolute atomic E-state index is 12.6. The molecule has 1 heterocycles. The highest BCUT2D eigenvalue weighted by molar-refractivity contribution is 4.91. The molecule has 0 bridgehead atoms. The first kappa shape index (κ1) is 10.1. The second-order valence-electron chi connectivity index (χ2n) is 3.50. The van der Waals surface area contributed by atoms with E-state index in [1.807, 2.05) is 13.8 Å². The minimum atomic E-state index is -2.72. The van der Waals surface area contributed by atoms with Crippen LogP contribution in [0.15, 0.2) is 6.33 Å². The van der Waals surface area contributed by atoms with Gasteiger partial charge in [-0.15, -0.1) is 10.2 Å². The van der Waals surface area contributed by atoms with Crippen LogP contribution in [0.3, 0.4) is 0 Å². The zero-order valence-corrected chi connectivity index (χ0v) is 7.96. The van der Waals surface area contributed by atoms with Gasteiger partial charge in [0.2, 0.25) is 0 Å². The lowest BCUT2D eigenvalue weighted by atomic mass is 10.2. The molecule has 0 radical (unpaired) electrons. The molecule has 0 fully saturated rings. The summed E-state index contributed by atoms with van der Waals surface area (Å²) in [6.07, 6.45) is 1.12. The highest BCUT2D eigenvalue weighted by atomic mass is 19.3. The van der Waals surface area contributed by atoms with Gasteiger partial charge in [0.1, 0.15) is 12.2 Å². The maximum Gasteiger partial charge on any atom is 0.252 e. The fourth-order valence-electron chi connectivity index (χ4n) is 1.10. The Bertz CT molecular complexity index is 275. The quantitative estimate of drug-likeness (QED) is 0.728. The van der Waals surface area contributed by atoms with Gasteiger partial charge in [-0.3, -0.25) is 0 Å². The minimum Gasteiger partial charge on any atom is -0.315 e. The molecule has 0 aliphatic rings. The van der Waals surface area contributed by atoms with Crippen LogP contribution in [0.1, 0.15) is 32.6 Å². The molecule has 0 N–H and O–H groups in total. The van der Waals surface area contributed by atoms with Gasteiger partial charge >= 0.3 is 0 Å². The zero-order chi connectivity index (χ0) is 10.1. The van der Waals surface area contributed by atoms with E-state index in [4.69, 9.17) is 0 Å². The molecule has 74 valence electrons. The highest BCUT2D eigenvalue weighted by Crippen LogP contribution is 2.19. The summed E-state index contributed by atoms with van der Waals surface area (Å²) >= 11 is 0. The SMILES string of the molecule is CC(C)n1cnnc1CC(C)(F)F. The van der Waals surface area contributed by atoms with Gasteiger partial charge in [-0.1, -0.05) is 0 Å². The van der Waals surface area contributed by atoms with E-state index >= 15 is 0 Å². The molecule has 1 aromatic rings. The van der Waals surface area contributed by atoms with Crippen molar-refractivity contribution in [1.82, 2.24) is 14.8 Å². The third-order valence-electron chi connectivity index (χ3n) is 1.67. The van der Waals surface area contributed by atoms with Crippen molar-refractivity contribution in [2.24, 2.45) is 0 Å². The van der Waals surface area contributed by atoms with Crippen molar-refractivity contribution in [3.05, 3.63) is 12.2 Å². The smallest absolute Gasteiger partial charge is 0.252 e. The number of hydrogen-bond donors (Lipinski definition) is 0. The third-order valence-corrected chi connectivity index (χ3v) is 1.67. The molecule has 0 aliphatic carbocycles. The van der Waals surface area contributed by atoms with Crippen molar-refractivity contribution in [1.29, 1.82) is 0 Å². The molecule has 3 nitrogen and oxygen atoms in total. The van der Waals surface area contributed by atoms with Crippen molar-refractivity contribution in [2.75, 3.05) is 0 Å². The molecule has 0 atom stereocenters. The van der Waals surface area contributed by atoms with Crippen LogP contribution < -0.4 is 0 Å². The van der Waals surface area contributed by atoms with Crippen LogP contribution in [0.25, 0.3) is 0 Å². The molecule has 0 saturated heterocycles. The number of hydrogen-bond acceptors (Lipinski definition) is 2. The predicted octanol–water partition coefficient (Wildman–Crippen LogP) is 2.06. The lowest BCUT2D eigenvalue weighted by Crippen LogP contribution is -2.18. The molecule has 0 aromatic carbocycles. The molecule has 5 heteroatoms. The number of halogens is 2. The standard InChI is InChI=1S/C8H13F2N3/c1-6(2)13-5-11-12-7(13)4-8(3,9)10/h5-6H,4H2,1-3H3. The van der Waals surface area contributed by atoms with Crippen LogP contribution in [0.2, 0.25) is 0 Å². The molecule has 0 aliphatic heterocycles. The van der Waals surface area contributed by atoms with Crippen LogP contribution in [-0.2, 0) is 6.42 Å². The zero-order valence-electron chi connectivity index (χ0n) is 7.96. The van der Waals surface area contributed by atoms with Crippen LogP contribution in [0.4, 0.5) is 8.78 Å². The molecule has 0 saturated carbocycles. The minimum absolute atomic E-state index is 0.118. The van der Waals surface area contributed by atoms with E-state index in [-0.39, 0.29) is 12.5 Å². The van der Waals surface area contributed by atoms with Crippen molar-refractivity contribution in [3.8, 4) is 0 Å². The van der Waals surface area contributed by atoms with E-state index in [0.29, 0.717) is 5.82 Å². The Kier molecular flexibility index (Phi) is 2.63. The first-order valence-electron chi connectivity index (χ1n) is 4.16. The Hall–Kier alpha value is -1.00. The van der Waals surface area contributed by atoms with Gasteiger partial charge < -0.3 is 4.57 Å². The molecule has 1 rings (SSSR count). The van der Waals surface area contributed by atoms with E-state index < -0.39 is 5.92 Å². The molecule has 0 amide bonds. The summed E-state index contributed by atoms with van der Waals surface area (Å²) in [7, 11) is 0. The fraction of sp³-hybridized carbons (Fsp3) is 0.750. The Balaban J connectivity index is 2.83. The Morgan fingerprint density at radius 1 is 1.54 bits per heavy atom. The molecule has 0 unspecified atom stereocenters. The maximum atomic E-state index is 12.6. The average molecular weight is 189 g/mol. The van der Waals surface area contributed by atoms with Crippen molar-refractivity contribution in [3.63, 3.8) is 0 Å². The molecule has 1 aromatic heterocycles. The summed E-state index contributed by atoms with van der Waals surface area (Å²) in [6.45, 7) is 4.69. The number of aromatic nitrogens is 3. The van der Waals surface area contributed by atoms with Crippen LogP contribution in [0, 0.1) is 0 Å². The van der Waals surface area contributed by atoms with E-state index in [9.17, 15) is 8.78 Å². The van der Waals surface area contributed by atoms with E-state index in [2.05, 4.69) is 10.2 Å². The topological polar surface area (TPSA) is 30.7 Å². The second-order valence-corrected chi connectivity index (χ2v) is 3.50.